The average molecular weight is 256 g/mol. The number of benzene rings is 1. The Hall–Kier alpha value is -1.54. The van der Waals surface area contributed by atoms with E-state index in [-0.39, 0.29) is 0 Å². The number of nitrogens with one attached hydrogen (secondary N) is 1. The zero-order chi connectivity index (χ0) is 13.7. The Bertz CT molecular complexity index is 513. The van der Waals surface area contributed by atoms with Crippen molar-refractivity contribution in [2.24, 2.45) is 0 Å². The van der Waals surface area contributed by atoms with Gasteiger partial charge in [-0.2, -0.15) is 0 Å². The van der Waals surface area contributed by atoms with Crippen LogP contribution in [0, 0.1) is 6.92 Å². The first-order valence-corrected chi connectivity index (χ1v) is 7.11. The van der Waals surface area contributed by atoms with Crippen LogP contribution in [0.4, 0.5) is 0 Å². The SMILES string of the molecule is CCCC(NC)c1ccn(Cc2cccc(C)c2)c1. The molecule has 0 saturated heterocycles. The van der Waals surface area contributed by atoms with Crippen molar-refractivity contribution in [3.8, 4) is 0 Å². The number of rotatable bonds is 6. The lowest BCUT2D eigenvalue weighted by atomic mass is 10.1. The molecule has 19 heavy (non-hydrogen) atoms. The summed E-state index contributed by atoms with van der Waals surface area (Å²) in [6, 6.07) is 11.4. The third-order valence-corrected chi connectivity index (χ3v) is 3.55. The largest absolute Gasteiger partial charge is 0.350 e. The van der Waals surface area contributed by atoms with Crippen LogP contribution in [0.5, 0.6) is 0 Å². The van der Waals surface area contributed by atoms with Crippen molar-refractivity contribution in [1.29, 1.82) is 0 Å². The van der Waals surface area contributed by atoms with Crippen molar-refractivity contribution < 1.29 is 0 Å². The van der Waals surface area contributed by atoms with Gasteiger partial charge in [-0.25, -0.2) is 0 Å². The highest BCUT2D eigenvalue weighted by Gasteiger charge is 2.09. The van der Waals surface area contributed by atoms with Gasteiger partial charge in [-0.15, -0.1) is 0 Å². The normalized spacial score (nSPS) is 12.6. The van der Waals surface area contributed by atoms with Gasteiger partial charge in [-0.3, -0.25) is 0 Å². The van der Waals surface area contributed by atoms with Gasteiger partial charge in [0.1, 0.15) is 0 Å². The molecule has 0 saturated carbocycles. The van der Waals surface area contributed by atoms with Crippen LogP contribution in [0.25, 0.3) is 0 Å². The maximum atomic E-state index is 3.39. The number of aromatic nitrogens is 1. The molecule has 2 heteroatoms. The van der Waals surface area contributed by atoms with Crippen molar-refractivity contribution in [2.75, 3.05) is 7.05 Å². The molecule has 2 aromatic rings. The minimum Gasteiger partial charge on any atom is -0.350 e. The highest BCUT2D eigenvalue weighted by atomic mass is 14.9. The van der Waals surface area contributed by atoms with E-state index >= 15 is 0 Å². The van der Waals surface area contributed by atoms with E-state index in [1.807, 2.05) is 7.05 Å². The second kappa shape index (κ2) is 6.58. The molecule has 102 valence electrons. The van der Waals surface area contributed by atoms with E-state index in [1.54, 1.807) is 0 Å². The van der Waals surface area contributed by atoms with E-state index in [4.69, 9.17) is 0 Å². The minimum atomic E-state index is 0.476. The van der Waals surface area contributed by atoms with Crippen LogP contribution >= 0.6 is 0 Å². The van der Waals surface area contributed by atoms with Gasteiger partial charge in [0, 0.05) is 25.0 Å². The molecule has 2 nitrogen and oxygen atoms in total. The summed E-state index contributed by atoms with van der Waals surface area (Å²) < 4.78 is 2.27. The fraction of sp³-hybridized carbons (Fsp3) is 0.412. The Morgan fingerprint density at radius 1 is 1.26 bits per heavy atom. The topological polar surface area (TPSA) is 17.0 Å². The summed E-state index contributed by atoms with van der Waals surface area (Å²) in [4.78, 5) is 0. The molecule has 1 unspecified atom stereocenters. The highest BCUT2D eigenvalue weighted by molar-refractivity contribution is 5.23. The molecule has 0 radical (unpaired) electrons. The third kappa shape index (κ3) is 3.71. The smallest absolute Gasteiger partial charge is 0.0470 e. The lowest BCUT2D eigenvalue weighted by molar-refractivity contribution is 0.540. The Kier molecular flexibility index (Phi) is 4.80. The number of hydrogen-bond donors (Lipinski definition) is 1. The summed E-state index contributed by atoms with van der Waals surface area (Å²) in [5.41, 5.74) is 4.07. The van der Waals surface area contributed by atoms with E-state index < -0.39 is 0 Å². The van der Waals surface area contributed by atoms with Crippen LogP contribution in [0.15, 0.2) is 42.7 Å². The van der Waals surface area contributed by atoms with Crippen LogP contribution < -0.4 is 5.32 Å². The van der Waals surface area contributed by atoms with E-state index in [1.165, 1.54) is 29.5 Å². The summed E-state index contributed by atoms with van der Waals surface area (Å²) in [5, 5.41) is 3.39. The fourth-order valence-corrected chi connectivity index (χ4v) is 2.55. The summed E-state index contributed by atoms with van der Waals surface area (Å²) in [7, 11) is 2.04. The monoisotopic (exact) mass is 256 g/mol. The van der Waals surface area contributed by atoms with Crippen LogP contribution in [0.1, 0.15) is 42.5 Å². The predicted molar refractivity (Wildman–Crippen MR) is 81.4 cm³/mol. The van der Waals surface area contributed by atoms with Crippen LogP contribution in [0.3, 0.4) is 0 Å². The molecule has 0 aliphatic rings. The molecule has 0 aliphatic carbocycles. The highest BCUT2D eigenvalue weighted by Crippen LogP contribution is 2.19. The number of aryl methyl sites for hydroxylation is 1. The lowest BCUT2D eigenvalue weighted by Crippen LogP contribution is -2.15. The molecule has 0 fully saturated rings. The van der Waals surface area contributed by atoms with Gasteiger partial charge in [0.05, 0.1) is 0 Å². The quantitative estimate of drug-likeness (QED) is 0.829. The Balaban J connectivity index is 2.08. The van der Waals surface area contributed by atoms with Gasteiger partial charge in [0.2, 0.25) is 0 Å². The van der Waals surface area contributed by atoms with E-state index in [0.717, 1.165) is 6.54 Å². The van der Waals surface area contributed by atoms with Gasteiger partial charge in [-0.1, -0.05) is 43.2 Å². The zero-order valence-corrected chi connectivity index (χ0v) is 12.2. The maximum Gasteiger partial charge on any atom is 0.0470 e. The second-order valence-corrected chi connectivity index (χ2v) is 5.24. The van der Waals surface area contributed by atoms with Crippen LogP contribution in [0.2, 0.25) is 0 Å². The first-order valence-electron chi connectivity index (χ1n) is 7.11. The van der Waals surface area contributed by atoms with E-state index in [9.17, 15) is 0 Å². The Morgan fingerprint density at radius 3 is 2.79 bits per heavy atom. The van der Waals surface area contributed by atoms with E-state index in [0.29, 0.717) is 6.04 Å². The molecule has 0 bridgehead atoms. The van der Waals surface area contributed by atoms with Gasteiger partial charge in [0.25, 0.3) is 0 Å². The first-order chi connectivity index (χ1) is 9.22. The predicted octanol–water partition coefficient (Wildman–Crippen LogP) is 3.91. The van der Waals surface area contributed by atoms with Crippen LogP contribution in [-0.2, 0) is 6.54 Å². The summed E-state index contributed by atoms with van der Waals surface area (Å²) in [5.74, 6) is 0. The maximum absolute atomic E-state index is 3.39. The average Bonchev–Trinajstić information content (AvgIpc) is 2.84. The minimum absolute atomic E-state index is 0.476. The molecule has 1 heterocycles. The number of hydrogen-bond acceptors (Lipinski definition) is 1. The molecule has 0 spiro atoms. The first kappa shape index (κ1) is 13.9. The van der Waals surface area contributed by atoms with Crippen molar-refractivity contribution in [3.05, 3.63) is 59.4 Å². The fourth-order valence-electron chi connectivity index (χ4n) is 2.55. The second-order valence-electron chi connectivity index (χ2n) is 5.24. The van der Waals surface area contributed by atoms with Gasteiger partial charge in [0.15, 0.2) is 0 Å². The molecular weight excluding hydrogens is 232 g/mol. The summed E-state index contributed by atoms with van der Waals surface area (Å²) >= 11 is 0. The van der Waals surface area contributed by atoms with Gasteiger partial charge >= 0.3 is 0 Å². The number of nitrogens with zero attached hydrogens (tertiary/aromatic N) is 1. The van der Waals surface area contributed by atoms with Gasteiger partial charge in [-0.05, 0) is 37.6 Å². The van der Waals surface area contributed by atoms with Gasteiger partial charge < -0.3 is 9.88 Å². The molecule has 1 aromatic carbocycles. The lowest BCUT2D eigenvalue weighted by Gasteiger charge is -2.13. The molecule has 1 N–H and O–H groups in total. The van der Waals surface area contributed by atoms with Crippen LogP contribution in [-0.4, -0.2) is 11.6 Å². The summed E-state index contributed by atoms with van der Waals surface area (Å²) in [6.45, 7) is 5.32. The molecule has 1 aromatic heterocycles. The Morgan fingerprint density at radius 2 is 2.11 bits per heavy atom. The van der Waals surface area contributed by atoms with Crippen molar-refractivity contribution >= 4 is 0 Å². The van der Waals surface area contributed by atoms with Crippen molar-refractivity contribution in [1.82, 2.24) is 9.88 Å². The molecular formula is C17H24N2. The molecule has 0 amide bonds. The van der Waals surface area contributed by atoms with E-state index in [2.05, 4.69) is 66.5 Å². The van der Waals surface area contributed by atoms with Crippen molar-refractivity contribution in [2.45, 2.75) is 39.3 Å². The third-order valence-electron chi connectivity index (χ3n) is 3.55. The molecule has 2 rings (SSSR count). The zero-order valence-electron chi connectivity index (χ0n) is 12.2. The molecule has 1 atom stereocenters. The van der Waals surface area contributed by atoms with Crippen molar-refractivity contribution in [3.63, 3.8) is 0 Å². The summed E-state index contributed by atoms with van der Waals surface area (Å²) in [6.07, 6.45) is 6.83. The molecule has 0 aliphatic heterocycles. The standard InChI is InChI=1S/C17H24N2/c1-4-6-17(18-3)16-9-10-19(13-16)12-15-8-5-7-14(2)11-15/h5,7-11,13,17-18H,4,6,12H2,1-3H3. The Labute approximate surface area is 116 Å².